The van der Waals surface area contributed by atoms with E-state index in [0.29, 0.717) is 11.8 Å². The third kappa shape index (κ3) is 6.54. The molecule has 0 aliphatic carbocycles. The molecule has 1 aliphatic heterocycles. The van der Waals surface area contributed by atoms with Crippen molar-refractivity contribution in [2.75, 3.05) is 32.2 Å². The zero-order chi connectivity index (χ0) is 23.6. The number of aliphatic hydroxyl groups is 1. The third-order valence-corrected chi connectivity index (χ3v) is 5.33. The smallest absolute Gasteiger partial charge is 0.222 e. The molecule has 0 fully saturated rings. The molecule has 0 aromatic carbocycles. The summed E-state index contributed by atoms with van der Waals surface area (Å²) in [6.45, 7) is 17.0. The Morgan fingerprint density at radius 2 is 1.68 bits per heavy atom. The molecule has 0 saturated heterocycles. The Morgan fingerprint density at radius 3 is 2.19 bits per heavy atom. The molecule has 31 heavy (non-hydrogen) atoms. The molecule has 0 saturated carbocycles. The fourth-order valence-electron chi connectivity index (χ4n) is 3.26. The lowest BCUT2D eigenvalue weighted by atomic mass is 10.00. The van der Waals surface area contributed by atoms with Gasteiger partial charge in [-0.05, 0) is 56.0 Å². The number of likely N-dealkylation sites (N-methyl/N-ethyl adjacent to an activating group) is 1. The van der Waals surface area contributed by atoms with Gasteiger partial charge in [-0.2, -0.15) is 0 Å². The summed E-state index contributed by atoms with van der Waals surface area (Å²) in [6.07, 6.45) is 4.88. The van der Waals surface area contributed by atoms with Gasteiger partial charge in [-0.25, -0.2) is 9.97 Å². The molecule has 172 valence electrons. The molecule has 2 aromatic heterocycles. The van der Waals surface area contributed by atoms with Gasteiger partial charge in [-0.1, -0.05) is 46.6 Å². The van der Waals surface area contributed by atoms with E-state index in [1.807, 2.05) is 0 Å². The predicted molar refractivity (Wildman–Crippen MR) is 133 cm³/mol. The zero-order valence-electron chi connectivity index (χ0n) is 20.9. The molecule has 0 bridgehead atoms. The Kier molecular flexibility index (Phi) is 11.3. The minimum atomic E-state index is 0.365. The van der Waals surface area contributed by atoms with Gasteiger partial charge in [0, 0.05) is 25.9 Å². The van der Waals surface area contributed by atoms with Gasteiger partial charge in [-0.15, -0.1) is 0 Å². The second-order valence-electron chi connectivity index (χ2n) is 7.90. The standard InChI is InChI=1S/C21H27N3O.C4H10.CH4O/c1-7-24-11-10-14(4)20-18(24)12-15(5)19(23-20)16-8-9-17(13(2)3)22-21(16)25-6;1-3-4-2;1-2/h8-10,12-13H,7,11H2,1-6H3;3-4H2,1-2H3;2H,1H3. The van der Waals surface area contributed by atoms with Gasteiger partial charge < -0.3 is 14.7 Å². The van der Waals surface area contributed by atoms with Crippen molar-refractivity contribution < 1.29 is 9.84 Å². The van der Waals surface area contributed by atoms with Crippen LogP contribution in [0.3, 0.4) is 0 Å². The Morgan fingerprint density at radius 1 is 1.03 bits per heavy atom. The lowest BCUT2D eigenvalue weighted by molar-refractivity contribution is 0.397. The normalized spacial score (nSPS) is 12.2. The summed E-state index contributed by atoms with van der Waals surface area (Å²) in [5.74, 6) is 1.01. The third-order valence-electron chi connectivity index (χ3n) is 5.33. The fourth-order valence-corrected chi connectivity index (χ4v) is 3.26. The molecule has 0 atom stereocenters. The number of aliphatic hydroxyl groups excluding tert-OH is 1. The quantitative estimate of drug-likeness (QED) is 0.612. The van der Waals surface area contributed by atoms with Crippen molar-refractivity contribution >= 4 is 11.3 Å². The van der Waals surface area contributed by atoms with E-state index in [1.165, 1.54) is 24.1 Å². The van der Waals surface area contributed by atoms with Crippen molar-refractivity contribution in [1.82, 2.24) is 9.97 Å². The largest absolute Gasteiger partial charge is 0.480 e. The number of fused-ring (bicyclic) bond motifs is 1. The van der Waals surface area contributed by atoms with Gasteiger partial charge in [0.25, 0.3) is 0 Å². The number of nitrogens with zero attached hydrogens (tertiary/aromatic N) is 3. The van der Waals surface area contributed by atoms with Crippen LogP contribution in [-0.2, 0) is 0 Å². The summed E-state index contributed by atoms with van der Waals surface area (Å²) in [6, 6.07) is 6.40. The van der Waals surface area contributed by atoms with Gasteiger partial charge >= 0.3 is 0 Å². The van der Waals surface area contributed by atoms with Crippen molar-refractivity contribution in [1.29, 1.82) is 0 Å². The van der Waals surface area contributed by atoms with Crippen LogP contribution in [0.2, 0.25) is 0 Å². The second-order valence-corrected chi connectivity index (χ2v) is 7.90. The van der Waals surface area contributed by atoms with Crippen LogP contribution in [0.5, 0.6) is 5.88 Å². The highest BCUT2D eigenvalue weighted by Gasteiger charge is 2.21. The molecule has 5 heteroatoms. The average molecular weight is 428 g/mol. The van der Waals surface area contributed by atoms with Crippen LogP contribution in [0.1, 0.15) is 77.3 Å². The summed E-state index contributed by atoms with van der Waals surface area (Å²) in [5.41, 5.74) is 7.58. The molecule has 0 amide bonds. The summed E-state index contributed by atoms with van der Waals surface area (Å²) in [5, 5.41) is 7.00. The number of hydrogen-bond acceptors (Lipinski definition) is 5. The summed E-state index contributed by atoms with van der Waals surface area (Å²) >= 11 is 0. The molecular formula is C26H41N3O2. The number of ether oxygens (including phenoxy) is 1. The van der Waals surface area contributed by atoms with E-state index >= 15 is 0 Å². The van der Waals surface area contributed by atoms with E-state index in [4.69, 9.17) is 14.8 Å². The molecule has 1 aliphatic rings. The van der Waals surface area contributed by atoms with Crippen LogP contribution in [0.4, 0.5) is 5.69 Å². The number of anilines is 1. The number of methoxy groups -OCH3 is 1. The first-order chi connectivity index (χ1) is 14.9. The van der Waals surface area contributed by atoms with E-state index in [2.05, 4.69) is 82.6 Å². The average Bonchev–Trinajstić information content (AvgIpc) is 2.80. The lowest BCUT2D eigenvalue weighted by Crippen LogP contribution is -2.27. The maximum absolute atomic E-state index is 7.00. The fraction of sp³-hybridized carbons (Fsp3) is 0.538. The Bertz CT molecular complexity index is 858. The van der Waals surface area contributed by atoms with Crippen LogP contribution in [0, 0.1) is 6.92 Å². The van der Waals surface area contributed by atoms with Crippen molar-refractivity contribution in [2.45, 2.75) is 67.2 Å². The first-order valence-electron chi connectivity index (χ1n) is 11.3. The van der Waals surface area contributed by atoms with E-state index in [0.717, 1.165) is 48.4 Å². The van der Waals surface area contributed by atoms with Crippen molar-refractivity contribution in [3.63, 3.8) is 0 Å². The van der Waals surface area contributed by atoms with E-state index in [9.17, 15) is 0 Å². The molecule has 1 N–H and O–H groups in total. The number of allylic oxidation sites excluding steroid dienone is 1. The molecule has 0 unspecified atom stereocenters. The number of unbranched alkanes of at least 4 members (excludes halogenated alkanes) is 1. The van der Waals surface area contributed by atoms with E-state index in [-0.39, 0.29) is 0 Å². The highest BCUT2D eigenvalue weighted by atomic mass is 16.5. The monoisotopic (exact) mass is 427 g/mol. The molecule has 0 spiro atoms. The lowest BCUT2D eigenvalue weighted by Gasteiger charge is -2.29. The van der Waals surface area contributed by atoms with Gasteiger partial charge in [0.2, 0.25) is 5.88 Å². The highest BCUT2D eigenvalue weighted by molar-refractivity contribution is 5.81. The van der Waals surface area contributed by atoms with Crippen LogP contribution < -0.4 is 9.64 Å². The SMILES string of the molecule is CCCC.CCN1CC=C(C)c2nc(-c3ccc(C(C)C)nc3OC)c(C)cc21.CO. The molecule has 5 nitrogen and oxygen atoms in total. The summed E-state index contributed by atoms with van der Waals surface area (Å²) in [4.78, 5) is 12.0. The first kappa shape index (κ1) is 26.6. The minimum Gasteiger partial charge on any atom is -0.480 e. The van der Waals surface area contributed by atoms with Gasteiger partial charge in [0.05, 0.1) is 29.7 Å². The molecule has 3 rings (SSSR count). The highest BCUT2D eigenvalue weighted by Crippen LogP contribution is 2.37. The first-order valence-corrected chi connectivity index (χ1v) is 11.3. The van der Waals surface area contributed by atoms with Gasteiger partial charge in [-0.3, -0.25) is 0 Å². The van der Waals surface area contributed by atoms with Crippen LogP contribution in [-0.4, -0.2) is 42.4 Å². The summed E-state index contributed by atoms with van der Waals surface area (Å²) < 4.78 is 5.58. The van der Waals surface area contributed by atoms with Gasteiger partial charge in [0.1, 0.15) is 0 Å². The number of rotatable bonds is 5. The molecule has 0 radical (unpaired) electrons. The van der Waals surface area contributed by atoms with Crippen LogP contribution in [0.25, 0.3) is 16.8 Å². The minimum absolute atomic E-state index is 0.365. The van der Waals surface area contributed by atoms with E-state index in [1.54, 1.807) is 7.11 Å². The zero-order valence-corrected chi connectivity index (χ0v) is 20.9. The summed E-state index contributed by atoms with van der Waals surface area (Å²) in [7, 11) is 2.67. The Balaban J connectivity index is 0.000000720. The number of hydrogen-bond donors (Lipinski definition) is 1. The molecular weight excluding hydrogens is 386 g/mol. The maximum atomic E-state index is 7.00. The van der Waals surface area contributed by atoms with Crippen molar-refractivity contribution in [3.05, 3.63) is 41.2 Å². The number of pyridine rings is 2. The van der Waals surface area contributed by atoms with Crippen LogP contribution >= 0.6 is 0 Å². The van der Waals surface area contributed by atoms with Crippen molar-refractivity contribution in [2.24, 2.45) is 0 Å². The Hall–Kier alpha value is -2.40. The molecule has 3 heterocycles. The van der Waals surface area contributed by atoms with E-state index < -0.39 is 0 Å². The molecule has 2 aromatic rings. The number of aromatic nitrogens is 2. The topological polar surface area (TPSA) is 58.5 Å². The maximum Gasteiger partial charge on any atom is 0.222 e. The van der Waals surface area contributed by atoms with Crippen LogP contribution in [0.15, 0.2) is 24.3 Å². The van der Waals surface area contributed by atoms with Crippen molar-refractivity contribution in [3.8, 4) is 17.1 Å². The number of aryl methyl sites for hydroxylation is 1. The second kappa shape index (κ2) is 13.1. The van der Waals surface area contributed by atoms with Gasteiger partial charge in [0.15, 0.2) is 0 Å². The Labute approximate surface area is 189 Å². The predicted octanol–water partition coefficient (Wildman–Crippen LogP) is 6.24.